The van der Waals surface area contributed by atoms with E-state index >= 15 is 0 Å². The molecule has 1 aliphatic carbocycles. The van der Waals surface area contributed by atoms with Crippen LogP contribution in [0.4, 0.5) is 16.2 Å². The summed E-state index contributed by atoms with van der Waals surface area (Å²) in [5, 5.41) is 2.78. The highest BCUT2D eigenvalue weighted by Crippen LogP contribution is 2.49. The molecule has 5 rings (SSSR count). The molecular weight excluding hydrogens is 430 g/mol. The van der Waals surface area contributed by atoms with Gasteiger partial charge in [0.15, 0.2) is 0 Å². The molecule has 178 valence electrons. The Morgan fingerprint density at radius 2 is 2.03 bits per heavy atom. The molecule has 1 aromatic heterocycles. The Bertz CT molecular complexity index is 1130. The minimum absolute atomic E-state index is 0.0209. The van der Waals surface area contributed by atoms with Crippen molar-refractivity contribution < 1.29 is 14.3 Å². The van der Waals surface area contributed by atoms with Crippen molar-refractivity contribution in [3.63, 3.8) is 0 Å². The third-order valence-electron chi connectivity index (χ3n) is 6.27. The van der Waals surface area contributed by atoms with Gasteiger partial charge in [-0.15, -0.1) is 0 Å². The monoisotopic (exact) mass is 461 g/mol. The largest absolute Gasteiger partial charge is 0.486 e. The minimum atomic E-state index is -0.454. The number of carbonyl (C=O) groups is 1. The van der Waals surface area contributed by atoms with Gasteiger partial charge in [-0.05, 0) is 61.9 Å². The molecule has 0 saturated heterocycles. The van der Waals surface area contributed by atoms with E-state index in [2.05, 4.69) is 32.3 Å². The van der Waals surface area contributed by atoms with E-state index in [1.807, 2.05) is 44.2 Å². The van der Waals surface area contributed by atoms with Gasteiger partial charge in [0.25, 0.3) is 0 Å². The van der Waals surface area contributed by atoms with Gasteiger partial charge in [-0.3, -0.25) is 5.32 Å². The van der Waals surface area contributed by atoms with Crippen LogP contribution in [0, 0.1) is 5.92 Å². The number of fused-ring (bicyclic) bond motifs is 1. The molecule has 34 heavy (non-hydrogen) atoms. The number of hydrogen-bond acceptors (Lipinski definition) is 6. The SMILES string of the molecule is CC(C)OC(=O)Nc1ccc(C2C(N)c3ccc(OCc4ncc[nH]4)cc3N2CC2CC2)cc1. The van der Waals surface area contributed by atoms with Gasteiger partial charge >= 0.3 is 6.09 Å². The fourth-order valence-corrected chi connectivity index (χ4v) is 4.49. The average molecular weight is 462 g/mol. The van der Waals surface area contributed by atoms with E-state index < -0.39 is 6.09 Å². The van der Waals surface area contributed by atoms with Crippen LogP contribution in [0.25, 0.3) is 0 Å². The number of rotatable bonds is 8. The van der Waals surface area contributed by atoms with Crippen molar-refractivity contribution in [1.29, 1.82) is 0 Å². The highest BCUT2D eigenvalue weighted by Gasteiger charge is 2.40. The number of aromatic amines is 1. The zero-order chi connectivity index (χ0) is 23.7. The Labute approximate surface area is 199 Å². The van der Waals surface area contributed by atoms with Crippen molar-refractivity contribution in [2.45, 2.75) is 51.5 Å². The van der Waals surface area contributed by atoms with Gasteiger partial charge < -0.3 is 25.1 Å². The van der Waals surface area contributed by atoms with Crippen LogP contribution in [-0.2, 0) is 11.3 Å². The van der Waals surface area contributed by atoms with Crippen molar-refractivity contribution in [2.24, 2.45) is 11.7 Å². The summed E-state index contributed by atoms with van der Waals surface area (Å²) in [5.41, 5.74) is 10.9. The molecule has 2 aromatic carbocycles. The average Bonchev–Trinajstić information content (AvgIpc) is 3.39. The number of anilines is 2. The topological polar surface area (TPSA) is 105 Å². The number of benzene rings is 2. The summed E-state index contributed by atoms with van der Waals surface area (Å²) in [4.78, 5) is 21.6. The molecular formula is C26H31N5O3. The number of H-pyrrole nitrogens is 1. The summed E-state index contributed by atoms with van der Waals surface area (Å²) in [6.45, 7) is 5.00. The summed E-state index contributed by atoms with van der Waals surface area (Å²) in [6, 6.07) is 13.9. The molecule has 4 N–H and O–H groups in total. The Balaban J connectivity index is 1.36. The maximum absolute atomic E-state index is 11.9. The smallest absolute Gasteiger partial charge is 0.411 e. The molecule has 1 fully saturated rings. The van der Waals surface area contributed by atoms with Crippen molar-refractivity contribution >= 4 is 17.5 Å². The van der Waals surface area contributed by atoms with E-state index in [0.717, 1.165) is 34.9 Å². The molecule has 2 aliphatic rings. The van der Waals surface area contributed by atoms with Gasteiger partial charge in [-0.2, -0.15) is 0 Å². The standard InChI is InChI=1S/C26H31N5O3/c1-16(2)34-26(32)30-19-7-5-18(6-8-19)25-24(27)21-10-9-20(33-15-23-28-11-12-29-23)13-22(21)31(25)14-17-3-4-17/h5-13,16-17,24-25H,3-4,14-15,27H2,1-2H3,(H,28,29)(H,30,32). The summed E-state index contributed by atoms with van der Waals surface area (Å²) < 4.78 is 11.2. The van der Waals surface area contributed by atoms with Gasteiger partial charge in [-0.25, -0.2) is 9.78 Å². The van der Waals surface area contributed by atoms with E-state index in [1.165, 1.54) is 12.8 Å². The lowest BCUT2D eigenvalue weighted by Gasteiger charge is -2.30. The third-order valence-corrected chi connectivity index (χ3v) is 6.27. The first-order valence-electron chi connectivity index (χ1n) is 11.8. The molecule has 0 bridgehead atoms. The Hall–Kier alpha value is -3.52. The van der Waals surface area contributed by atoms with E-state index in [9.17, 15) is 4.79 Å². The van der Waals surface area contributed by atoms with E-state index in [0.29, 0.717) is 18.2 Å². The predicted molar refractivity (Wildman–Crippen MR) is 131 cm³/mol. The fourth-order valence-electron chi connectivity index (χ4n) is 4.49. The van der Waals surface area contributed by atoms with Crippen LogP contribution in [0.15, 0.2) is 54.9 Å². The summed E-state index contributed by atoms with van der Waals surface area (Å²) in [5.74, 6) is 2.28. The van der Waals surface area contributed by atoms with E-state index in [4.69, 9.17) is 15.2 Å². The zero-order valence-corrected chi connectivity index (χ0v) is 19.5. The molecule has 2 atom stereocenters. The van der Waals surface area contributed by atoms with Crippen LogP contribution in [-0.4, -0.2) is 28.7 Å². The van der Waals surface area contributed by atoms with Crippen molar-refractivity contribution in [3.05, 3.63) is 71.8 Å². The first-order valence-corrected chi connectivity index (χ1v) is 11.8. The van der Waals surface area contributed by atoms with Gasteiger partial charge in [0.2, 0.25) is 0 Å². The van der Waals surface area contributed by atoms with Crippen LogP contribution in [0.1, 0.15) is 55.7 Å². The van der Waals surface area contributed by atoms with Crippen molar-refractivity contribution in [1.82, 2.24) is 9.97 Å². The molecule has 1 amide bonds. The van der Waals surface area contributed by atoms with E-state index in [1.54, 1.807) is 12.4 Å². The second-order valence-electron chi connectivity index (χ2n) is 9.31. The molecule has 1 aliphatic heterocycles. The summed E-state index contributed by atoms with van der Waals surface area (Å²) in [7, 11) is 0. The van der Waals surface area contributed by atoms with Crippen LogP contribution < -0.4 is 20.7 Å². The maximum Gasteiger partial charge on any atom is 0.411 e. The van der Waals surface area contributed by atoms with Crippen LogP contribution >= 0.6 is 0 Å². The molecule has 0 spiro atoms. The van der Waals surface area contributed by atoms with Crippen LogP contribution in [0.5, 0.6) is 5.75 Å². The number of hydrogen-bond donors (Lipinski definition) is 3. The first-order chi connectivity index (χ1) is 16.5. The maximum atomic E-state index is 11.9. The van der Waals surface area contributed by atoms with Crippen LogP contribution in [0.2, 0.25) is 0 Å². The first kappa shape index (κ1) is 22.3. The minimum Gasteiger partial charge on any atom is -0.486 e. The second kappa shape index (κ2) is 9.38. The molecule has 3 aromatic rings. The van der Waals surface area contributed by atoms with Gasteiger partial charge in [-0.1, -0.05) is 18.2 Å². The van der Waals surface area contributed by atoms with Gasteiger partial charge in [0, 0.05) is 36.4 Å². The van der Waals surface area contributed by atoms with Crippen LogP contribution in [0.3, 0.4) is 0 Å². The van der Waals surface area contributed by atoms with Crippen molar-refractivity contribution in [3.8, 4) is 5.75 Å². The Morgan fingerprint density at radius 1 is 1.24 bits per heavy atom. The van der Waals surface area contributed by atoms with Gasteiger partial charge in [0.05, 0.1) is 18.2 Å². The lowest BCUT2D eigenvalue weighted by Crippen LogP contribution is -2.31. The van der Waals surface area contributed by atoms with Gasteiger partial charge in [0.1, 0.15) is 18.2 Å². The number of ether oxygens (including phenoxy) is 2. The molecule has 2 unspecified atom stereocenters. The van der Waals surface area contributed by atoms with Crippen molar-refractivity contribution in [2.75, 3.05) is 16.8 Å². The predicted octanol–water partition coefficient (Wildman–Crippen LogP) is 4.92. The molecule has 1 saturated carbocycles. The Kier molecular flexibility index (Phi) is 6.15. The number of nitrogens with two attached hydrogens (primary N) is 1. The molecule has 8 heteroatoms. The zero-order valence-electron chi connectivity index (χ0n) is 19.5. The number of imidazole rings is 1. The number of nitrogens with zero attached hydrogens (tertiary/aromatic N) is 2. The lowest BCUT2D eigenvalue weighted by atomic mass is 9.97. The van der Waals surface area contributed by atoms with E-state index in [-0.39, 0.29) is 18.2 Å². The fraction of sp³-hybridized carbons (Fsp3) is 0.385. The summed E-state index contributed by atoms with van der Waals surface area (Å²) in [6.07, 6.45) is 5.39. The molecule has 8 nitrogen and oxygen atoms in total. The highest BCUT2D eigenvalue weighted by molar-refractivity contribution is 5.84. The third kappa shape index (κ3) is 4.87. The number of carbonyl (C=O) groups excluding carboxylic acids is 1. The number of aromatic nitrogens is 2. The summed E-state index contributed by atoms with van der Waals surface area (Å²) >= 11 is 0. The normalized spacial score (nSPS) is 19.2. The lowest BCUT2D eigenvalue weighted by molar-refractivity contribution is 0.130. The quantitative estimate of drug-likeness (QED) is 0.440. The number of nitrogens with one attached hydrogen (secondary N) is 2. The second-order valence-corrected chi connectivity index (χ2v) is 9.31. The molecule has 2 heterocycles. The Morgan fingerprint density at radius 3 is 2.71 bits per heavy atom. The number of amides is 1. The molecule has 0 radical (unpaired) electrons. The highest BCUT2D eigenvalue weighted by atomic mass is 16.6.